The Morgan fingerprint density at radius 1 is 1.44 bits per heavy atom. The van der Waals surface area contributed by atoms with Crippen molar-refractivity contribution in [2.45, 2.75) is 32.7 Å². The van der Waals surface area contributed by atoms with Crippen LogP contribution in [0.25, 0.3) is 0 Å². The second kappa shape index (κ2) is 7.59. The van der Waals surface area contributed by atoms with Gasteiger partial charge in [0.05, 0.1) is 5.75 Å². The topological polar surface area (TPSA) is 101 Å². The number of rotatable bonds is 8. The molecule has 0 saturated carbocycles. The molecule has 0 heterocycles. The molecule has 0 aliphatic rings. The molecule has 96 valence electrons. The van der Waals surface area contributed by atoms with E-state index in [0.717, 1.165) is 6.42 Å². The summed E-state index contributed by atoms with van der Waals surface area (Å²) in [5.74, 6) is -0.259. The Morgan fingerprint density at radius 3 is 2.56 bits per heavy atom. The van der Waals surface area contributed by atoms with Gasteiger partial charge in [-0.25, -0.2) is 13.1 Å². The van der Waals surface area contributed by atoms with Crippen LogP contribution in [-0.2, 0) is 14.8 Å². The van der Waals surface area contributed by atoms with Gasteiger partial charge < -0.3 is 11.1 Å². The first-order chi connectivity index (χ1) is 7.41. The molecular weight excluding hydrogens is 230 g/mol. The summed E-state index contributed by atoms with van der Waals surface area (Å²) >= 11 is 0. The zero-order valence-electron chi connectivity index (χ0n) is 9.82. The van der Waals surface area contributed by atoms with Crippen LogP contribution in [-0.4, -0.2) is 39.2 Å². The van der Waals surface area contributed by atoms with Crippen molar-refractivity contribution < 1.29 is 13.2 Å². The summed E-state index contributed by atoms with van der Waals surface area (Å²) in [5.41, 5.74) is 5.13. The van der Waals surface area contributed by atoms with Crippen molar-refractivity contribution in [1.29, 1.82) is 0 Å². The molecule has 0 fully saturated rings. The number of nitrogens with one attached hydrogen (secondary N) is 2. The third kappa shape index (κ3) is 7.61. The zero-order chi connectivity index (χ0) is 12.6. The Morgan fingerprint density at radius 2 is 2.06 bits per heavy atom. The van der Waals surface area contributed by atoms with Crippen LogP contribution in [0.3, 0.4) is 0 Å². The molecule has 6 nitrogen and oxygen atoms in total. The second-order valence-corrected chi connectivity index (χ2v) is 5.56. The van der Waals surface area contributed by atoms with Crippen LogP contribution in [0.2, 0.25) is 0 Å². The van der Waals surface area contributed by atoms with Crippen molar-refractivity contribution in [2.24, 2.45) is 5.73 Å². The molecule has 0 radical (unpaired) electrons. The Kier molecular flexibility index (Phi) is 7.27. The van der Waals surface area contributed by atoms with Crippen molar-refractivity contribution in [3.8, 4) is 0 Å². The van der Waals surface area contributed by atoms with E-state index in [1.807, 2.05) is 13.8 Å². The van der Waals surface area contributed by atoms with Crippen LogP contribution in [0, 0.1) is 0 Å². The Labute approximate surface area is 97.0 Å². The third-order valence-corrected chi connectivity index (χ3v) is 3.50. The predicted octanol–water partition coefficient (Wildman–Crippen LogP) is -0.831. The monoisotopic (exact) mass is 251 g/mol. The molecule has 0 aliphatic heterocycles. The fraction of sp³-hybridized carbons (Fsp3) is 0.889. The van der Waals surface area contributed by atoms with E-state index in [2.05, 4.69) is 10.0 Å². The van der Waals surface area contributed by atoms with E-state index in [0.29, 0.717) is 0 Å². The van der Waals surface area contributed by atoms with Gasteiger partial charge in [-0.3, -0.25) is 4.79 Å². The van der Waals surface area contributed by atoms with Gasteiger partial charge in [-0.2, -0.15) is 0 Å². The first kappa shape index (κ1) is 15.3. The highest BCUT2D eigenvalue weighted by Gasteiger charge is 2.10. The smallest absolute Gasteiger partial charge is 0.221 e. The molecule has 7 heteroatoms. The molecule has 0 aliphatic carbocycles. The summed E-state index contributed by atoms with van der Waals surface area (Å²) in [6.45, 7) is 4.06. The van der Waals surface area contributed by atoms with Crippen LogP contribution in [0.4, 0.5) is 0 Å². The van der Waals surface area contributed by atoms with Gasteiger partial charge in [-0.05, 0) is 13.3 Å². The molecule has 4 N–H and O–H groups in total. The summed E-state index contributed by atoms with van der Waals surface area (Å²) in [4.78, 5) is 11.3. The molecule has 1 amide bonds. The molecular formula is C9H21N3O3S. The molecule has 0 saturated heterocycles. The highest BCUT2D eigenvalue weighted by atomic mass is 32.2. The van der Waals surface area contributed by atoms with Gasteiger partial charge in [0.1, 0.15) is 0 Å². The van der Waals surface area contributed by atoms with Crippen molar-refractivity contribution in [3.05, 3.63) is 0 Å². The van der Waals surface area contributed by atoms with E-state index in [-0.39, 0.29) is 37.2 Å². The van der Waals surface area contributed by atoms with E-state index < -0.39 is 10.0 Å². The number of carbonyl (C=O) groups excluding carboxylic acids is 1. The Bertz CT molecular complexity index is 303. The summed E-state index contributed by atoms with van der Waals surface area (Å²) in [7, 11) is -3.32. The minimum atomic E-state index is -3.32. The number of amides is 1. The van der Waals surface area contributed by atoms with Crippen LogP contribution in [0.1, 0.15) is 26.7 Å². The first-order valence-corrected chi connectivity index (χ1v) is 7.03. The standard InChI is InChI=1S/C9H21N3O3S/c1-3-8(2)12-9(13)4-6-11-16(14,15)7-5-10/h8,11H,3-7,10H2,1-2H3,(H,12,13). The quantitative estimate of drug-likeness (QED) is 0.524. The van der Waals surface area contributed by atoms with Gasteiger partial charge in [-0.1, -0.05) is 6.92 Å². The molecule has 1 unspecified atom stereocenters. The lowest BCUT2D eigenvalue weighted by Crippen LogP contribution is -2.36. The Hall–Kier alpha value is -0.660. The number of hydrogen-bond acceptors (Lipinski definition) is 4. The number of hydrogen-bond donors (Lipinski definition) is 3. The minimum Gasteiger partial charge on any atom is -0.354 e. The minimum absolute atomic E-state index is 0.0778. The highest BCUT2D eigenvalue weighted by Crippen LogP contribution is 1.90. The van der Waals surface area contributed by atoms with Gasteiger partial charge in [0.2, 0.25) is 15.9 Å². The number of carbonyl (C=O) groups is 1. The molecule has 0 spiro atoms. The molecule has 0 aromatic heterocycles. The average Bonchev–Trinajstić information content (AvgIpc) is 2.16. The molecule has 1 atom stereocenters. The van der Waals surface area contributed by atoms with Gasteiger partial charge in [0.25, 0.3) is 0 Å². The summed E-state index contributed by atoms with van der Waals surface area (Å²) in [6, 6.07) is 0.119. The van der Waals surface area contributed by atoms with Gasteiger partial charge in [-0.15, -0.1) is 0 Å². The maximum absolute atomic E-state index is 11.3. The van der Waals surface area contributed by atoms with Crippen LogP contribution in [0.5, 0.6) is 0 Å². The third-order valence-electron chi connectivity index (χ3n) is 2.08. The van der Waals surface area contributed by atoms with Crippen LogP contribution in [0.15, 0.2) is 0 Å². The lowest BCUT2D eigenvalue weighted by molar-refractivity contribution is -0.121. The molecule has 0 bridgehead atoms. The first-order valence-electron chi connectivity index (χ1n) is 5.38. The van der Waals surface area contributed by atoms with Crippen LogP contribution < -0.4 is 15.8 Å². The lowest BCUT2D eigenvalue weighted by atomic mass is 10.2. The number of sulfonamides is 1. The summed E-state index contributed by atoms with van der Waals surface area (Å²) in [5, 5.41) is 2.75. The van der Waals surface area contributed by atoms with Crippen molar-refractivity contribution >= 4 is 15.9 Å². The lowest BCUT2D eigenvalue weighted by Gasteiger charge is -2.11. The van der Waals surface area contributed by atoms with Gasteiger partial charge >= 0.3 is 0 Å². The average molecular weight is 251 g/mol. The van der Waals surface area contributed by atoms with Crippen LogP contribution >= 0.6 is 0 Å². The van der Waals surface area contributed by atoms with Gasteiger partial charge in [0.15, 0.2) is 0 Å². The van der Waals surface area contributed by atoms with Gasteiger partial charge in [0, 0.05) is 25.6 Å². The van der Waals surface area contributed by atoms with E-state index in [1.54, 1.807) is 0 Å². The summed E-state index contributed by atoms with van der Waals surface area (Å²) in [6.07, 6.45) is 0.999. The fourth-order valence-corrected chi connectivity index (χ4v) is 1.86. The predicted molar refractivity (Wildman–Crippen MR) is 63.4 cm³/mol. The zero-order valence-corrected chi connectivity index (χ0v) is 10.6. The maximum Gasteiger partial charge on any atom is 0.221 e. The summed E-state index contributed by atoms with van der Waals surface area (Å²) < 4.78 is 24.6. The van der Waals surface area contributed by atoms with E-state index in [4.69, 9.17) is 5.73 Å². The van der Waals surface area contributed by atoms with Crippen molar-refractivity contribution in [2.75, 3.05) is 18.8 Å². The van der Waals surface area contributed by atoms with E-state index in [9.17, 15) is 13.2 Å². The number of nitrogens with two attached hydrogens (primary N) is 1. The molecule has 16 heavy (non-hydrogen) atoms. The Balaban J connectivity index is 3.78. The fourth-order valence-electron chi connectivity index (χ4n) is 0.996. The van der Waals surface area contributed by atoms with Crippen molar-refractivity contribution in [3.63, 3.8) is 0 Å². The maximum atomic E-state index is 11.3. The largest absolute Gasteiger partial charge is 0.354 e. The SMILES string of the molecule is CCC(C)NC(=O)CCNS(=O)(=O)CCN. The van der Waals surface area contributed by atoms with E-state index in [1.165, 1.54) is 0 Å². The van der Waals surface area contributed by atoms with E-state index >= 15 is 0 Å². The molecule has 0 aromatic carbocycles. The molecule has 0 aromatic rings. The highest BCUT2D eigenvalue weighted by molar-refractivity contribution is 7.89. The van der Waals surface area contributed by atoms with Crippen molar-refractivity contribution in [1.82, 2.24) is 10.0 Å². The molecule has 0 rings (SSSR count). The normalized spacial score (nSPS) is 13.4. The second-order valence-electron chi connectivity index (χ2n) is 3.63.